The Labute approximate surface area is 112 Å². The SMILES string of the molecule is [Cr+3].[Ni+2].[O-2].[O-2].[O-2].[O-2].[O-2].[O-2].[Sb+3].[Ti+4]. The Kier molecular flexibility index (Phi) is 6580. The first-order valence-electron chi connectivity index (χ1n) is 0. The minimum Gasteiger partial charge on any atom is -2.00 e. The van der Waals surface area contributed by atoms with Gasteiger partial charge in [-0.05, 0) is 0 Å². The zero-order chi connectivity index (χ0) is 0. The summed E-state index contributed by atoms with van der Waals surface area (Å²) in [7, 11) is 0. The largest absolute Gasteiger partial charge is 4.00 e. The van der Waals surface area contributed by atoms with Gasteiger partial charge in [0.2, 0.25) is 0 Å². The summed E-state index contributed by atoms with van der Waals surface area (Å²) in [4.78, 5) is 0. The van der Waals surface area contributed by atoms with Crippen LogP contribution < -0.4 is 0 Å². The maximum atomic E-state index is 0. The van der Waals surface area contributed by atoms with Crippen molar-refractivity contribution >= 4 is 24.4 Å². The van der Waals surface area contributed by atoms with E-state index in [1.54, 1.807) is 0 Å². The van der Waals surface area contributed by atoms with E-state index < -0.39 is 0 Å². The van der Waals surface area contributed by atoms with Gasteiger partial charge >= 0.3 is 80.0 Å². The Hall–Kier alpha value is 2.32. The van der Waals surface area contributed by atoms with Crippen molar-refractivity contribution < 1.29 is 88.4 Å². The fraction of sp³-hybridized carbons (Fsp3) is 0. The van der Waals surface area contributed by atoms with Crippen LogP contribution >= 0.6 is 0 Å². The molecule has 0 aliphatic heterocycles. The van der Waals surface area contributed by atoms with Crippen LogP contribution in [-0.4, -0.2) is 24.4 Å². The Morgan fingerprint density at radius 2 is 0.500 bits per heavy atom. The molecule has 0 aromatic heterocycles. The van der Waals surface area contributed by atoms with Crippen molar-refractivity contribution in [1.82, 2.24) is 0 Å². The summed E-state index contributed by atoms with van der Waals surface area (Å²) < 4.78 is 0. The summed E-state index contributed by atoms with van der Waals surface area (Å²) >= 11 is 0. The molecular formula is CrNiO6SbTi. The molecule has 10 heavy (non-hydrogen) atoms. The molecule has 0 aliphatic carbocycles. The van der Waals surface area contributed by atoms with Gasteiger partial charge in [-0.2, -0.15) is 0 Å². The molecule has 0 rings (SSSR count). The molecule has 0 fully saturated rings. The van der Waals surface area contributed by atoms with Crippen LogP contribution in [-0.2, 0) is 88.4 Å². The summed E-state index contributed by atoms with van der Waals surface area (Å²) in [6, 6.07) is 0. The van der Waals surface area contributed by atoms with Gasteiger partial charge in [0, 0.05) is 0 Å². The van der Waals surface area contributed by atoms with Gasteiger partial charge in [0.1, 0.15) is 0 Å². The molecule has 0 aromatic carbocycles. The third kappa shape index (κ3) is 167. The van der Waals surface area contributed by atoms with Gasteiger partial charge in [-0.1, -0.05) is 0 Å². The van der Waals surface area contributed by atoms with Crippen LogP contribution in [0.5, 0.6) is 0 Å². The monoisotopic (exact) mass is 375 g/mol. The normalized spacial score (nSPS) is 0. The van der Waals surface area contributed by atoms with Crippen molar-refractivity contribution in [3.05, 3.63) is 0 Å². The minimum atomic E-state index is 0. The molecule has 0 saturated carbocycles. The second-order valence-electron chi connectivity index (χ2n) is 0. The Morgan fingerprint density at radius 1 is 0.500 bits per heavy atom. The number of rotatable bonds is 0. The molecular weight excluding hydrogens is 376 g/mol. The molecule has 0 N–H and O–H groups in total. The van der Waals surface area contributed by atoms with Crippen LogP contribution in [0.4, 0.5) is 0 Å². The van der Waals surface area contributed by atoms with Gasteiger partial charge in [-0.3, -0.25) is 0 Å². The van der Waals surface area contributed by atoms with E-state index in [9.17, 15) is 0 Å². The van der Waals surface area contributed by atoms with Crippen LogP contribution in [0.15, 0.2) is 0 Å². The molecule has 3 radical (unpaired) electrons. The zero-order valence-electron chi connectivity index (χ0n) is 4.12. The van der Waals surface area contributed by atoms with Crippen molar-refractivity contribution in [3.63, 3.8) is 0 Å². The molecule has 0 spiro atoms. The molecule has 61 valence electrons. The first-order chi connectivity index (χ1) is 0. The van der Waals surface area contributed by atoms with E-state index in [-0.39, 0.29) is 113 Å². The van der Waals surface area contributed by atoms with Crippen molar-refractivity contribution in [1.29, 1.82) is 0 Å². The molecule has 0 aliphatic rings. The Morgan fingerprint density at radius 3 is 0.500 bits per heavy atom. The standard InChI is InChI=1S/Cr.Ni.6O.Sb.Ti/q+3;+2;6*-2;+3;+4. The maximum Gasteiger partial charge on any atom is 4.00 e. The van der Waals surface area contributed by atoms with E-state index in [1.807, 2.05) is 0 Å². The average molecular weight is 376 g/mol. The predicted molar refractivity (Wildman–Crippen MR) is 9.87 cm³/mol. The molecule has 0 atom stereocenters. The van der Waals surface area contributed by atoms with Crippen LogP contribution in [0.3, 0.4) is 0 Å². The van der Waals surface area contributed by atoms with Crippen LogP contribution in [0, 0.1) is 0 Å². The fourth-order valence-corrected chi connectivity index (χ4v) is 0. The van der Waals surface area contributed by atoms with Crippen LogP contribution in [0.2, 0.25) is 0 Å². The second kappa shape index (κ2) is 224. The van der Waals surface area contributed by atoms with Crippen molar-refractivity contribution in [2.24, 2.45) is 0 Å². The van der Waals surface area contributed by atoms with E-state index in [0.717, 1.165) is 0 Å². The molecule has 6 nitrogen and oxygen atoms in total. The van der Waals surface area contributed by atoms with Gasteiger partial charge in [0.15, 0.2) is 0 Å². The van der Waals surface area contributed by atoms with Crippen molar-refractivity contribution in [3.8, 4) is 0 Å². The summed E-state index contributed by atoms with van der Waals surface area (Å²) in [6.45, 7) is 0. The second-order valence-corrected chi connectivity index (χ2v) is 0. The summed E-state index contributed by atoms with van der Waals surface area (Å²) in [5, 5.41) is 0. The van der Waals surface area contributed by atoms with Gasteiger partial charge < -0.3 is 32.9 Å². The minimum absolute atomic E-state index is 0. The smallest absolute Gasteiger partial charge is 2.00 e. The molecule has 0 saturated heterocycles. The van der Waals surface area contributed by atoms with E-state index in [4.69, 9.17) is 0 Å². The van der Waals surface area contributed by atoms with Crippen molar-refractivity contribution in [2.45, 2.75) is 0 Å². The fourth-order valence-electron chi connectivity index (χ4n) is 0. The molecule has 0 heterocycles. The van der Waals surface area contributed by atoms with E-state index in [1.165, 1.54) is 0 Å². The van der Waals surface area contributed by atoms with E-state index >= 15 is 0 Å². The summed E-state index contributed by atoms with van der Waals surface area (Å²) in [6.07, 6.45) is 0. The van der Waals surface area contributed by atoms with E-state index in [0.29, 0.717) is 0 Å². The van der Waals surface area contributed by atoms with Gasteiger partial charge in [0.05, 0.1) is 0 Å². The molecule has 0 unspecified atom stereocenters. The number of hydrogen-bond acceptors (Lipinski definition) is 0. The quantitative estimate of drug-likeness (QED) is 0.468. The Balaban J connectivity index is 0. The third-order valence-corrected chi connectivity index (χ3v) is 0. The number of hydrogen-bond donors (Lipinski definition) is 0. The first-order valence-corrected chi connectivity index (χ1v) is 0. The molecule has 10 heteroatoms. The Bertz CT molecular complexity index is 17.7. The van der Waals surface area contributed by atoms with Gasteiger partial charge in [-0.15, -0.1) is 0 Å². The zero-order valence-corrected chi connectivity index (χ0v) is 10.5. The van der Waals surface area contributed by atoms with Gasteiger partial charge in [-0.25, -0.2) is 0 Å². The maximum absolute atomic E-state index is 0. The summed E-state index contributed by atoms with van der Waals surface area (Å²) in [5.41, 5.74) is 0. The average Bonchev–Trinajstić information content (AvgIpc) is 0. The van der Waals surface area contributed by atoms with Crippen molar-refractivity contribution in [2.75, 3.05) is 0 Å². The topological polar surface area (TPSA) is 171 Å². The molecule has 0 bridgehead atoms. The summed E-state index contributed by atoms with van der Waals surface area (Å²) in [5.74, 6) is 0. The first kappa shape index (κ1) is 294. The van der Waals surface area contributed by atoms with E-state index in [2.05, 4.69) is 0 Å². The van der Waals surface area contributed by atoms with Gasteiger partial charge in [0.25, 0.3) is 0 Å². The third-order valence-electron chi connectivity index (χ3n) is 0. The predicted octanol–water partition coefficient (Wildman–Crippen LogP) is -1.10. The molecule has 0 amide bonds. The van der Waals surface area contributed by atoms with Crippen LogP contribution in [0.1, 0.15) is 0 Å². The van der Waals surface area contributed by atoms with Crippen LogP contribution in [0.25, 0.3) is 0 Å². The molecule has 0 aromatic rings.